The lowest BCUT2D eigenvalue weighted by Crippen LogP contribution is -2.34. The van der Waals surface area contributed by atoms with E-state index in [-0.39, 0.29) is 0 Å². The number of hydrogen-bond donors (Lipinski definition) is 1. The number of rotatable bonds is 8. The van der Waals surface area contributed by atoms with E-state index in [0.29, 0.717) is 24.7 Å². The number of ether oxygens (including phenoxy) is 1. The van der Waals surface area contributed by atoms with Crippen LogP contribution in [0.1, 0.15) is 32.4 Å². The average molecular weight is 253 g/mol. The molecule has 0 saturated heterocycles. The van der Waals surface area contributed by atoms with Crippen LogP contribution in [0.2, 0.25) is 0 Å². The van der Waals surface area contributed by atoms with E-state index < -0.39 is 0 Å². The van der Waals surface area contributed by atoms with Crippen LogP contribution in [0.5, 0.6) is 0 Å². The van der Waals surface area contributed by atoms with Crippen molar-refractivity contribution in [3.8, 4) is 0 Å². The molecular formula is C13H23N3O2. The second-order valence-corrected chi connectivity index (χ2v) is 5.06. The zero-order valence-corrected chi connectivity index (χ0v) is 11.5. The number of methoxy groups -OCH3 is 1. The predicted octanol–water partition coefficient (Wildman–Crippen LogP) is 1.79. The molecule has 0 atom stereocenters. The minimum Gasteiger partial charge on any atom is -0.432 e. The first kappa shape index (κ1) is 13.4. The normalized spacial score (nSPS) is 15.3. The predicted molar refractivity (Wildman–Crippen MR) is 70.7 cm³/mol. The summed E-state index contributed by atoms with van der Waals surface area (Å²) in [6.45, 7) is 6.52. The van der Waals surface area contributed by atoms with Crippen molar-refractivity contribution in [2.24, 2.45) is 0 Å². The van der Waals surface area contributed by atoms with Crippen molar-refractivity contribution in [3.05, 3.63) is 12.0 Å². The third-order valence-corrected chi connectivity index (χ3v) is 3.09. The second-order valence-electron chi connectivity index (χ2n) is 5.06. The van der Waals surface area contributed by atoms with Gasteiger partial charge in [-0.05, 0) is 26.7 Å². The molecule has 2 rings (SSSR count). The van der Waals surface area contributed by atoms with Gasteiger partial charge in [0.2, 0.25) is 0 Å². The van der Waals surface area contributed by atoms with Crippen molar-refractivity contribution >= 4 is 6.01 Å². The highest BCUT2D eigenvalue weighted by molar-refractivity contribution is 5.28. The standard InChI is InChI=1S/C13H23N3O2/c1-10(2)16(6-7-17-3)13-15-12(9-18-13)8-14-11-4-5-11/h9-11,14H,4-8H2,1-3H3. The van der Waals surface area contributed by atoms with E-state index in [4.69, 9.17) is 9.15 Å². The van der Waals surface area contributed by atoms with Crippen LogP contribution in [0, 0.1) is 0 Å². The molecule has 1 aliphatic rings. The highest BCUT2D eigenvalue weighted by Gasteiger charge is 2.21. The molecule has 0 aliphatic heterocycles. The molecule has 0 amide bonds. The van der Waals surface area contributed by atoms with Gasteiger partial charge in [-0.15, -0.1) is 0 Å². The van der Waals surface area contributed by atoms with E-state index in [1.54, 1.807) is 13.4 Å². The Labute approximate surface area is 109 Å². The van der Waals surface area contributed by atoms with Crippen LogP contribution >= 0.6 is 0 Å². The molecule has 1 heterocycles. The number of aromatic nitrogens is 1. The molecule has 18 heavy (non-hydrogen) atoms. The summed E-state index contributed by atoms with van der Waals surface area (Å²) in [6, 6.07) is 1.73. The molecule has 1 aromatic rings. The minimum absolute atomic E-state index is 0.350. The van der Waals surface area contributed by atoms with Gasteiger partial charge in [-0.25, -0.2) is 0 Å². The lowest BCUT2D eigenvalue weighted by Gasteiger charge is -2.24. The van der Waals surface area contributed by atoms with Crippen LogP contribution in [0.3, 0.4) is 0 Å². The quantitative estimate of drug-likeness (QED) is 0.765. The van der Waals surface area contributed by atoms with Gasteiger partial charge < -0.3 is 19.4 Å². The van der Waals surface area contributed by atoms with Crippen molar-refractivity contribution in [1.82, 2.24) is 10.3 Å². The highest BCUT2D eigenvalue weighted by atomic mass is 16.5. The van der Waals surface area contributed by atoms with Gasteiger partial charge in [0.15, 0.2) is 0 Å². The molecule has 1 aromatic heterocycles. The first-order valence-corrected chi connectivity index (χ1v) is 6.64. The number of oxazole rings is 1. The van der Waals surface area contributed by atoms with Gasteiger partial charge >= 0.3 is 0 Å². The Morgan fingerprint density at radius 2 is 2.33 bits per heavy atom. The first-order valence-electron chi connectivity index (χ1n) is 6.64. The molecular weight excluding hydrogens is 230 g/mol. The van der Waals surface area contributed by atoms with Crippen LogP contribution in [-0.4, -0.2) is 37.3 Å². The summed E-state index contributed by atoms with van der Waals surface area (Å²) in [5.41, 5.74) is 0.972. The van der Waals surface area contributed by atoms with Crippen LogP contribution in [0.25, 0.3) is 0 Å². The van der Waals surface area contributed by atoms with Gasteiger partial charge in [-0.1, -0.05) is 0 Å². The highest BCUT2D eigenvalue weighted by Crippen LogP contribution is 2.20. The third kappa shape index (κ3) is 3.71. The number of anilines is 1. The molecule has 1 aliphatic carbocycles. The molecule has 0 bridgehead atoms. The maximum atomic E-state index is 5.56. The Bertz CT molecular complexity index is 361. The third-order valence-electron chi connectivity index (χ3n) is 3.09. The summed E-state index contributed by atoms with van der Waals surface area (Å²) in [5, 5.41) is 3.43. The summed E-state index contributed by atoms with van der Waals surface area (Å²) in [4.78, 5) is 6.64. The van der Waals surface area contributed by atoms with Crippen LogP contribution in [-0.2, 0) is 11.3 Å². The van der Waals surface area contributed by atoms with E-state index in [1.165, 1.54) is 12.8 Å². The van der Waals surface area contributed by atoms with Gasteiger partial charge in [0, 0.05) is 32.3 Å². The van der Waals surface area contributed by atoms with Crippen molar-refractivity contribution in [2.75, 3.05) is 25.2 Å². The van der Waals surface area contributed by atoms with Crippen molar-refractivity contribution in [3.63, 3.8) is 0 Å². The Kier molecular flexibility index (Phi) is 4.60. The number of nitrogens with zero attached hydrogens (tertiary/aromatic N) is 2. The van der Waals surface area contributed by atoms with Crippen molar-refractivity contribution in [2.45, 2.75) is 45.3 Å². The zero-order chi connectivity index (χ0) is 13.0. The molecule has 1 saturated carbocycles. The van der Waals surface area contributed by atoms with Crippen LogP contribution < -0.4 is 10.2 Å². The van der Waals surface area contributed by atoms with E-state index in [0.717, 1.165) is 18.8 Å². The molecule has 1 N–H and O–H groups in total. The maximum Gasteiger partial charge on any atom is 0.297 e. The summed E-state index contributed by atoms with van der Waals surface area (Å²) in [7, 11) is 1.71. The molecule has 0 spiro atoms. The van der Waals surface area contributed by atoms with Crippen LogP contribution in [0.4, 0.5) is 6.01 Å². The van der Waals surface area contributed by atoms with Crippen molar-refractivity contribution < 1.29 is 9.15 Å². The smallest absolute Gasteiger partial charge is 0.297 e. The first-order chi connectivity index (χ1) is 8.70. The largest absolute Gasteiger partial charge is 0.432 e. The molecule has 0 aromatic carbocycles. The fraction of sp³-hybridized carbons (Fsp3) is 0.769. The lowest BCUT2D eigenvalue weighted by atomic mass is 10.3. The lowest BCUT2D eigenvalue weighted by molar-refractivity contribution is 0.202. The molecule has 5 heteroatoms. The molecule has 5 nitrogen and oxygen atoms in total. The minimum atomic E-state index is 0.350. The van der Waals surface area contributed by atoms with Crippen LogP contribution in [0.15, 0.2) is 10.7 Å². The molecule has 102 valence electrons. The second kappa shape index (κ2) is 6.20. The fourth-order valence-electron chi connectivity index (χ4n) is 1.81. The monoisotopic (exact) mass is 253 g/mol. The van der Waals surface area contributed by atoms with E-state index >= 15 is 0 Å². The van der Waals surface area contributed by atoms with E-state index in [9.17, 15) is 0 Å². The average Bonchev–Trinajstić information content (AvgIpc) is 3.06. The van der Waals surface area contributed by atoms with Crippen molar-refractivity contribution in [1.29, 1.82) is 0 Å². The summed E-state index contributed by atoms with van der Waals surface area (Å²) >= 11 is 0. The van der Waals surface area contributed by atoms with E-state index in [1.807, 2.05) is 0 Å². The molecule has 0 unspecified atom stereocenters. The van der Waals surface area contributed by atoms with Gasteiger partial charge in [0.25, 0.3) is 6.01 Å². The zero-order valence-electron chi connectivity index (χ0n) is 11.5. The van der Waals surface area contributed by atoms with Gasteiger partial charge in [-0.2, -0.15) is 4.98 Å². The topological polar surface area (TPSA) is 50.5 Å². The Hall–Kier alpha value is -1.07. The fourth-order valence-corrected chi connectivity index (χ4v) is 1.81. The summed E-state index contributed by atoms with van der Waals surface area (Å²) in [5.74, 6) is 0. The summed E-state index contributed by atoms with van der Waals surface area (Å²) < 4.78 is 10.7. The van der Waals surface area contributed by atoms with E-state index in [2.05, 4.69) is 29.0 Å². The summed E-state index contributed by atoms with van der Waals surface area (Å²) in [6.07, 6.45) is 4.32. The Morgan fingerprint density at radius 3 is 2.94 bits per heavy atom. The number of hydrogen-bond acceptors (Lipinski definition) is 5. The Balaban J connectivity index is 1.91. The van der Waals surface area contributed by atoms with Gasteiger partial charge in [0.1, 0.15) is 6.26 Å². The number of nitrogens with one attached hydrogen (secondary N) is 1. The van der Waals surface area contributed by atoms with Gasteiger partial charge in [0.05, 0.1) is 12.3 Å². The SMILES string of the molecule is COCCN(c1nc(CNC2CC2)co1)C(C)C. The maximum absolute atomic E-state index is 5.56. The van der Waals surface area contributed by atoms with Gasteiger partial charge in [-0.3, -0.25) is 0 Å². The molecule has 1 fully saturated rings. The Morgan fingerprint density at radius 1 is 1.56 bits per heavy atom. The molecule has 0 radical (unpaired) electrons.